The number of hydrogen-bond acceptors (Lipinski definition) is 5. The Hall–Kier alpha value is -1.20. The first-order valence-corrected chi connectivity index (χ1v) is 6.55. The number of thiazole rings is 1. The number of ether oxygens (including phenoxy) is 1. The molecule has 2 aromatic rings. The molecule has 2 N–H and O–H groups in total. The van der Waals surface area contributed by atoms with Gasteiger partial charge in [-0.1, -0.05) is 23.5 Å². The maximum absolute atomic E-state index is 5.56. The molecule has 16 heavy (non-hydrogen) atoms. The van der Waals surface area contributed by atoms with Crippen LogP contribution < -0.4 is 10.5 Å². The predicted octanol–water partition coefficient (Wildman–Crippen LogP) is 3.03. The lowest BCUT2D eigenvalue weighted by Gasteiger charge is -2.01. The van der Waals surface area contributed by atoms with Gasteiger partial charge in [-0.15, -0.1) is 11.8 Å². The Morgan fingerprint density at radius 3 is 2.69 bits per heavy atom. The zero-order valence-electron chi connectivity index (χ0n) is 8.84. The maximum atomic E-state index is 5.56. The number of hydrogen-bond donors (Lipinski definition) is 1. The van der Waals surface area contributed by atoms with Gasteiger partial charge in [-0.05, 0) is 17.7 Å². The molecule has 3 nitrogen and oxygen atoms in total. The molecule has 5 heteroatoms. The highest BCUT2D eigenvalue weighted by Gasteiger charge is 2.00. The summed E-state index contributed by atoms with van der Waals surface area (Å²) >= 11 is 3.26. The molecule has 0 spiro atoms. The normalized spacial score (nSPS) is 10.3. The van der Waals surface area contributed by atoms with E-state index in [0.29, 0.717) is 5.13 Å². The van der Waals surface area contributed by atoms with E-state index in [-0.39, 0.29) is 0 Å². The van der Waals surface area contributed by atoms with Crippen LogP contribution in [-0.2, 0) is 5.75 Å². The second-order valence-electron chi connectivity index (χ2n) is 3.15. The summed E-state index contributed by atoms with van der Waals surface area (Å²) in [6.45, 7) is 0. The van der Waals surface area contributed by atoms with Crippen molar-refractivity contribution in [3.05, 3.63) is 36.0 Å². The fraction of sp³-hybridized carbons (Fsp3) is 0.182. The molecule has 0 bridgehead atoms. The summed E-state index contributed by atoms with van der Waals surface area (Å²) in [4.78, 5) is 4.01. The van der Waals surface area contributed by atoms with Crippen LogP contribution in [0.5, 0.6) is 5.75 Å². The Bertz CT molecular complexity index is 453. The van der Waals surface area contributed by atoms with E-state index in [1.807, 2.05) is 18.3 Å². The van der Waals surface area contributed by atoms with Gasteiger partial charge in [-0.25, -0.2) is 4.98 Å². The van der Waals surface area contributed by atoms with Gasteiger partial charge < -0.3 is 10.5 Å². The third kappa shape index (κ3) is 2.90. The highest BCUT2D eigenvalue weighted by Crippen LogP contribution is 2.29. The smallest absolute Gasteiger partial charge is 0.181 e. The van der Waals surface area contributed by atoms with Crippen molar-refractivity contribution in [2.24, 2.45) is 0 Å². The average Bonchev–Trinajstić information content (AvgIpc) is 2.73. The summed E-state index contributed by atoms with van der Waals surface area (Å²) in [5.74, 6) is 1.81. The third-order valence-electron chi connectivity index (χ3n) is 2.04. The van der Waals surface area contributed by atoms with Gasteiger partial charge in [-0.2, -0.15) is 0 Å². The van der Waals surface area contributed by atoms with Gasteiger partial charge in [0, 0.05) is 5.75 Å². The molecule has 0 unspecified atom stereocenters. The van der Waals surface area contributed by atoms with Crippen LogP contribution in [0.15, 0.2) is 34.7 Å². The van der Waals surface area contributed by atoms with Crippen molar-refractivity contribution in [1.82, 2.24) is 4.98 Å². The van der Waals surface area contributed by atoms with Crippen LogP contribution >= 0.6 is 23.1 Å². The number of nitrogens with two attached hydrogens (primary N) is 1. The minimum absolute atomic E-state index is 0.622. The fourth-order valence-corrected chi connectivity index (χ4v) is 2.93. The molecule has 0 amide bonds. The molecule has 0 aliphatic heterocycles. The fourth-order valence-electron chi connectivity index (χ4n) is 1.22. The average molecular weight is 252 g/mol. The summed E-state index contributed by atoms with van der Waals surface area (Å²) in [6, 6.07) is 8.07. The zero-order chi connectivity index (χ0) is 11.4. The van der Waals surface area contributed by atoms with Crippen molar-refractivity contribution in [2.45, 2.75) is 9.96 Å². The summed E-state index contributed by atoms with van der Waals surface area (Å²) in [7, 11) is 1.67. The molecule has 2 rings (SSSR count). The minimum Gasteiger partial charge on any atom is -0.497 e. The lowest BCUT2D eigenvalue weighted by atomic mass is 10.2. The molecule has 0 aliphatic rings. The molecule has 1 aromatic carbocycles. The van der Waals surface area contributed by atoms with Gasteiger partial charge in [0.1, 0.15) is 5.75 Å². The van der Waals surface area contributed by atoms with Crippen LogP contribution in [0.3, 0.4) is 0 Å². The van der Waals surface area contributed by atoms with Crippen molar-refractivity contribution >= 4 is 28.2 Å². The number of aromatic nitrogens is 1. The van der Waals surface area contributed by atoms with Crippen molar-refractivity contribution in [1.29, 1.82) is 0 Å². The van der Waals surface area contributed by atoms with E-state index in [0.717, 1.165) is 15.7 Å². The molecule has 1 heterocycles. The zero-order valence-corrected chi connectivity index (χ0v) is 10.5. The van der Waals surface area contributed by atoms with Gasteiger partial charge >= 0.3 is 0 Å². The van der Waals surface area contributed by atoms with E-state index in [4.69, 9.17) is 10.5 Å². The Morgan fingerprint density at radius 1 is 1.38 bits per heavy atom. The molecule has 0 radical (unpaired) electrons. The second-order valence-corrected chi connectivity index (χ2v) is 5.49. The summed E-state index contributed by atoms with van der Waals surface area (Å²) in [5.41, 5.74) is 6.82. The molecule has 0 aliphatic carbocycles. The first-order chi connectivity index (χ1) is 7.78. The maximum Gasteiger partial charge on any atom is 0.181 e. The summed E-state index contributed by atoms with van der Waals surface area (Å²) < 4.78 is 6.25. The van der Waals surface area contributed by atoms with Gasteiger partial charge in [0.25, 0.3) is 0 Å². The van der Waals surface area contributed by atoms with Crippen molar-refractivity contribution in [3.63, 3.8) is 0 Å². The quantitative estimate of drug-likeness (QED) is 0.850. The summed E-state index contributed by atoms with van der Waals surface area (Å²) in [5, 5.41) is 0.622. The van der Waals surface area contributed by atoms with Crippen LogP contribution in [0.2, 0.25) is 0 Å². The first kappa shape index (κ1) is 11.3. The third-order valence-corrected chi connectivity index (χ3v) is 4.13. The second kappa shape index (κ2) is 5.23. The summed E-state index contributed by atoms with van der Waals surface area (Å²) in [6.07, 6.45) is 1.81. The van der Waals surface area contributed by atoms with Gasteiger partial charge in [0.15, 0.2) is 5.13 Å². The van der Waals surface area contributed by atoms with Crippen LogP contribution in [0.25, 0.3) is 0 Å². The highest BCUT2D eigenvalue weighted by atomic mass is 32.2. The van der Waals surface area contributed by atoms with Gasteiger partial charge in [0.05, 0.1) is 17.5 Å². The lowest BCUT2D eigenvalue weighted by molar-refractivity contribution is 0.414. The van der Waals surface area contributed by atoms with Gasteiger partial charge in [0.2, 0.25) is 0 Å². The first-order valence-electron chi connectivity index (χ1n) is 4.75. The topological polar surface area (TPSA) is 48.1 Å². The highest BCUT2D eigenvalue weighted by molar-refractivity contribution is 8.00. The van der Waals surface area contributed by atoms with Crippen LogP contribution in [0.4, 0.5) is 5.13 Å². The number of methoxy groups -OCH3 is 1. The number of benzene rings is 1. The molecule has 0 atom stereocenters. The molecular formula is C11H12N2OS2. The van der Waals surface area contributed by atoms with Crippen molar-refractivity contribution in [3.8, 4) is 5.75 Å². The number of anilines is 1. The minimum atomic E-state index is 0.622. The molecule has 0 saturated heterocycles. The molecule has 0 saturated carbocycles. The van der Waals surface area contributed by atoms with Gasteiger partial charge in [-0.3, -0.25) is 0 Å². The van der Waals surface area contributed by atoms with Crippen molar-refractivity contribution < 1.29 is 4.74 Å². The Kier molecular flexibility index (Phi) is 3.69. The standard InChI is InChI=1S/C11H12N2OS2/c1-14-9-4-2-8(3-5-9)7-15-10-6-13-11(12)16-10/h2-6H,7H2,1H3,(H2,12,13). The molecule has 1 aromatic heterocycles. The van der Waals surface area contributed by atoms with E-state index in [1.54, 1.807) is 18.9 Å². The largest absolute Gasteiger partial charge is 0.497 e. The van der Waals surface area contributed by atoms with Crippen LogP contribution in [-0.4, -0.2) is 12.1 Å². The molecular weight excluding hydrogens is 240 g/mol. The van der Waals surface area contributed by atoms with Crippen molar-refractivity contribution in [2.75, 3.05) is 12.8 Å². The van der Waals surface area contributed by atoms with E-state index < -0.39 is 0 Å². The SMILES string of the molecule is COc1ccc(CSc2cnc(N)s2)cc1. The molecule has 84 valence electrons. The predicted molar refractivity (Wildman–Crippen MR) is 69.1 cm³/mol. The number of nitrogens with zero attached hydrogens (tertiary/aromatic N) is 1. The lowest BCUT2D eigenvalue weighted by Crippen LogP contribution is -1.83. The Morgan fingerprint density at radius 2 is 2.12 bits per heavy atom. The number of rotatable bonds is 4. The Balaban J connectivity index is 1.94. The monoisotopic (exact) mass is 252 g/mol. The van der Waals surface area contributed by atoms with E-state index in [9.17, 15) is 0 Å². The number of thioether (sulfide) groups is 1. The van der Waals surface area contributed by atoms with E-state index in [1.165, 1.54) is 16.9 Å². The molecule has 0 fully saturated rings. The van der Waals surface area contributed by atoms with Crippen LogP contribution in [0.1, 0.15) is 5.56 Å². The van der Waals surface area contributed by atoms with Crippen LogP contribution in [0, 0.1) is 0 Å². The number of nitrogen functional groups attached to an aromatic ring is 1. The Labute approximate surface area is 103 Å². The van der Waals surface area contributed by atoms with E-state index in [2.05, 4.69) is 17.1 Å². The van der Waals surface area contributed by atoms with E-state index >= 15 is 0 Å².